The van der Waals surface area contributed by atoms with Gasteiger partial charge in [-0.05, 0) is 60.4 Å². The van der Waals surface area contributed by atoms with Crippen molar-refractivity contribution in [1.82, 2.24) is 0 Å². The topological polar surface area (TPSA) is 60.1 Å². The molecule has 194 valence electrons. The monoisotopic (exact) mass is 499 g/mol. The summed E-state index contributed by atoms with van der Waals surface area (Å²) < 4.78 is 11.2. The van der Waals surface area contributed by atoms with E-state index < -0.39 is 0 Å². The Labute approximate surface area is 220 Å². The molecule has 0 heterocycles. The first-order valence-corrected chi connectivity index (χ1v) is 13.3. The number of carbonyl (C=O) groups excluding carboxylic acids is 1. The zero-order valence-corrected chi connectivity index (χ0v) is 21.5. The van der Waals surface area contributed by atoms with Gasteiger partial charge in [0, 0.05) is 0 Å². The molecule has 0 aliphatic rings. The van der Waals surface area contributed by atoms with E-state index in [1.54, 1.807) is 12.1 Å². The summed E-state index contributed by atoms with van der Waals surface area (Å²) in [6.07, 6.45) is 11.7. The van der Waals surface area contributed by atoms with Crippen LogP contribution in [0.1, 0.15) is 74.6 Å². The number of hydrogen-bond acceptors (Lipinski definition) is 4. The number of benzene rings is 3. The van der Waals surface area contributed by atoms with Crippen LogP contribution in [0.2, 0.25) is 0 Å². The van der Waals surface area contributed by atoms with Gasteiger partial charge in [-0.3, -0.25) is 0 Å². The number of rotatable bonds is 16. The van der Waals surface area contributed by atoms with E-state index in [0.29, 0.717) is 17.9 Å². The highest BCUT2D eigenvalue weighted by Crippen LogP contribution is 2.25. The van der Waals surface area contributed by atoms with Crippen LogP contribution in [0.5, 0.6) is 11.5 Å². The normalized spacial score (nSPS) is 10.6. The second-order valence-electron chi connectivity index (χ2n) is 9.25. The molecule has 0 saturated carbocycles. The van der Waals surface area contributed by atoms with Crippen LogP contribution in [0.4, 0.5) is 5.69 Å². The number of phenolic OH excluding ortho intramolecular Hbond substituents is 1. The molecular formula is C32H37NO4. The summed E-state index contributed by atoms with van der Waals surface area (Å²) in [6.45, 7) is 8.24. The van der Waals surface area contributed by atoms with Crippen molar-refractivity contribution in [3.8, 4) is 22.6 Å². The molecule has 3 aromatic carbocycles. The van der Waals surface area contributed by atoms with Crippen LogP contribution in [-0.2, 0) is 4.74 Å². The van der Waals surface area contributed by atoms with Gasteiger partial charge >= 0.3 is 5.97 Å². The largest absolute Gasteiger partial charge is 0.508 e. The molecule has 0 atom stereocenters. The van der Waals surface area contributed by atoms with E-state index in [1.807, 2.05) is 36.4 Å². The molecule has 0 fully saturated rings. The molecule has 0 aliphatic carbocycles. The second kappa shape index (κ2) is 16.1. The van der Waals surface area contributed by atoms with Gasteiger partial charge in [0.15, 0.2) is 5.69 Å². The minimum atomic E-state index is -0.330. The number of hydrogen-bond donors (Lipinski definition) is 1. The maximum atomic E-state index is 11.9. The zero-order valence-electron chi connectivity index (χ0n) is 21.5. The molecule has 37 heavy (non-hydrogen) atoms. The summed E-state index contributed by atoms with van der Waals surface area (Å²) in [6, 6.07) is 21.9. The van der Waals surface area contributed by atoms with Crippen LogP contribution < -0.4 is 4.74 Å². The predicted molar refractivity (Wildman–Crippen MR) is 148 cm³/mol. The highest BCUT2D eigenvalue weighted by Gasteiger charge is 2.06. The molecule has 0 radical (unpaired) electrons. The Balaban J connectivity index is 1.12. The standard InChI is InChI=1S/C32H37NO4/c1-33-29-18-12-26(13-19-29)27-16-22-31(23-17-27)36-24-10-8-6-4-2-3-5-7-9-11-25-37-32(35)28-14-20-30(34)21-15-28/h12-23,34H,2-11,24-25H2. The first-order chi connectivity index (χ1) is 18.2. The van der Waals surface area contributed by atoms with Crippen molar-refractivity contribution in [2.45, 2.75) is 64.2 Å². The van der Waals surface area contributed by atoms with E-state index in [2.05, 4.69) is 17.0 Å². The highest BCUT2D eigenvalue weighted by molar-refractivity contribution is 5.89. The van der Waals surface area contributed by atoms with Crippen molar-refractivity contribution in [1.29, 1.82) is 0 Å². The minimum Gasteiger partial charge on any atom is -0.508 e. The minimum absolute atomic E-state index is 0.144. The van der Waals surface area contributed by atoms with Gasteiger partial charge in [0.1, 0.15) is 11.5 Å². The molecule has 5 nitrogen and oxygen atoms in total. The molecule has 0 saturated heterocycles. The number of aromatic hydroxyl groups is 1. The smallest absolute Gasteiger partial charge is 0.338 e. The Kier molecular flexibility index (Phi) is 12.1. The lowest BCUT2D eigenvalue weighted by atomic mass is 10.1. The van der Waals surface area contributed by atoms with Crippen LogP contribution in [0.15, 0.2) is 72.8 Å². The molecule has 0 amide bonds. The van der Waals surface area contributed by atoms with Crippen LogP contribution in [-0.4, -0.2) is 24.3 Å². The lowest BCUT2D eigenvalue weighted by molar-refractivity contribution is 0.0497. The summed E-state index contributed by atoms with van der Waals surface area (Å²) in [5.41, 5.74) is 3.35. The van der Waals surface area contributed by atoms with E-state index in [1.165, 1.54) is 57.1 Å². The third kappa shape index (κ3) is 10.4. The lowest BCUT2D eigenvalue weighted by Gasteiger charge is -2.08. The molecule has 0 aliphatic heterocycles. The summed E-state index contributed by atoms with van der Waals surface area (Å²) in [4.78, 5) is 15.3. The quantitative estimate of drug-likeness (QED) is 0.122. The van der Waals surface area contributed by atoms with Crippen molar-refractivity contribution >= 4 is 11.7 Å². The van der Waals surface area contributed by atoms with Crippen LogP contribution in [0.3, 0.4) is 0 Å². The number of phenols is 1. The van der Waals surface area contributed by atoms with E-state index in [0.717, 1.165) is 42.7 Å². The SMILES string of the molecule is [C-]#[N+]c1ccc(-c2ccc(OCCCCCCCCCCCCOC(=O)c3ccc(O)cc3)cc2)cc1. The van der Waals surface area contributed by atoms with Gasteiger partial charge in [0.05, 0.1) is 25.3 Å². The molecule has 0 bridgehead atoms. The molecule has 0 spiro atoms. The fourth-order valence-electron chi connectivity index (χ4n) is 4.13. The summed E-state index contributed by atoms with van der Waals surface area (Å²) in [7, 11) is 0. The maximum Gasteiger partial charge on any atom is 0.338 e. The first kappa shape index (κ1) is 27.8. The summed E-state index contributed by atoms with van der Waals surface area (Å²) in [5.74, 6) is 0.714. The molecular weight excluding hydrogens is 462 g/mol. The van der Waals surface area contributed by atoms with E-state index >= 15 is 0 Å². The van der Waals surface area contributed by atoms with Crippen LogP contribution in [0.25, 0.3) is 16.0 Å². The predicted octanol–water partition coefficient (Wildman–Crippen LogP) is 8.75. The van der Waals surface area contributed by atoms with Gasteiger partial charge in [0.2, 0.25) is 0 Å². The average molecular weight is 500 g/mol. The van der Waals surface area contributed by atoms with Crippen molar-refractivity contribution in [3.05, 3.63) is 89.8 Å². The molecule has 5 heteroatoms. The van der Waals surface area contributed by atoms with Gasteiger partial charge in [-0.2, -0.15) is 0 Å². The van der Waals surface area contributed by atoms with Crippen molar-refractivity contribution in [2.24, 2.45) is 0 Å². The number of carbonyl (C=O) groups is 1. The van der Waals surface area contributed by atoms with Gasteiger partial charge in [0.25, 0.3) is 0 Å². The van der Waals surface area contributed by atoms with Gasteiger partial charge < -0.3 is 14.6 Å². The summed E-state index contributed by atoms with van der Waals surface area (Å²) in [5, 5.41) is 9.26. The first-order valence-electron chi connectivity index (χ1n) is 13.3. The Morgan fingerprint density at radius 2 is 1.14 bits per heavy atom. The molecule has 1 N–H and O–H groups in total. The second-order valence-corrected chi connectivity index (χ2v) is 9.25. The van der Waals surface area contributed by atoms with Crippen LogP contribution >= 0.6 is 0 Å². The third-order valence-corrected chi connectivity index (χ3v) is 6.33. The fourth-order valence-corrected chi connectivity index (χ4v) is 4.13. The highest BCUT2D eigenvalue weighted by atomic mass is 16.5. The Bertz CT molecular complexity index is 1100. The molecule has 3 aromatic rings. The number of esters is 1. The lowest BCUT2D eigenvalue weighted by Crippen LogP contribution is -2.06. The number of ether oxygens (including phenoxy) is 2. The van der Waals surface area contributed by atoms with Gasteiger partial charge in [-0.1, -0.05) is 87.8 Å². The van der Waals surface area contributed by atoms with E-state index in [4.69, 9.17) is 16.0 Å². The van der Waals surface area contributed by atoms with Crippen molar-refractivity contribution in [3.63, 3.8) is 0 Å². The van der Waals surface area contributed by atoms with Gasteiger partial charge in [-0.15, -0.1) is 0 Å². The molecule has 3 rings (SSSR count). The van der Waals surface area contributed by atoms with Crippen molar-refractivity contribution < 1.29 is 19.4 Å². The summed E-state index contributed by atoms with van der Waals surface area (Å²) >= 11 is 0. The fraction of sp³-hybridized carbons (Fsp3) is 0.375. The van der Waals surface area contributed by atoms with E-state index in [9.17, 15) is 9.90 Å². The average Bonchev–Trinajstić information content (AvgIpc) is 2.94. The van der Waals surface area contributed by atoms with E-state index in [-0.39, 0.29) is 11.7 Å². The molecule has 0 aromatic heterocycles. The molecule has 0 unspecified atom stereocenters. The van der Waals surface area contributed by atoms with Crippen molar-refractivity contribution in [2.75, 3.05) is 13.2 Å². The number of unbranched alkanes of at least 4 members (excludes halogenated alkanes) is 9. The van der Waals surface area contributed by atoms with Gasteiger partial charge in [-0.25, -0.2) is 9.64 Å². The Morgan fingerprint density at radius 3 is 1.68 bits per heavy atom. The third-order valence-electron chi connectivity index (χ3n) is 6.33. The Morgan fingerprint density at radius 1 is 0.649 bits per heavy atom. The number of nitrogens with zero attached hydrogens (tertiary/aromatic N) is 1. The zero-order chi connectivity index (χ0) is 26.1. The van der Waals surface area contributed by atoms with Crippen LogP contribution in [0, 0.1) is 6.57 Å². The Hall–Kier alpha value is -3.78. The maximum absolute atomic E-state index is 11.9.